The molecule has 0 aromatic heterocycles. The Morgan fingerprint density at radius 2 is 1.52 bits per heavy atom. The van der Waals surface area contributed by atoms with Crippen molar-refractivity contribution in [2.24, 2.45) is 5.73 Å². The molecule has 1 fully saturated rings. The second-order valence-corrected chi connectivity index (χ2v) is 14.2. The summed E-state index contributed by atoms with van der Waals surface area (Å²) in [6.45, 7) is 1.66. The molecule has 0 bridgehead atoms. The third kappa shape index (κ3) is 10.1. The van der Waals surface area contributed by atoms with Crippen LogP contribution >= 0.6 is 0 Å². The van der Waals surface area contributed by atoms with Crippen molar-refractivity contribution >= 4 is 33.5 Å². The predicted molar refractivity (Wildman–Crippen MR) is 182 cm³/mol. The van der Waals surface area contributed by atoms with Crippen LogP contribution in [-0.2, 0) is 27.9 Å². The third-order valence-electron chi connectivity index (χ3n) is 8.43. The van der Waals surface area contributed by atoms with Crippen LogP contribution in [0.5, 0.6) is 17.2 Å². The quantitative estimate of drug-likeness (QED) is 0.0771. The van der Waals surface area contributed by atoms with Gasteiger partial charge in [-0.3, -0.25) is 4.79 Å². The van der Waals surface area contributed by atoms with Gasteiger partial charge in [0.1, 0.15) is 52.4 Å². The van der Waals surface area contributed by atoms with Gasteiger partial charge in [-0.25, -0.2) is 9.71 Å². The number of carbonyl (C=O) groups is 2. The van der Waals surface area contributed by atoms with Crippen molar-refractivity contribution in [3.05, 3.63) is 114 Å². The van der Waals surface area contributed by atoms with Crippen molar-refractivity contribution in [1.29, 1.82) is 0 Å². The van der Waals surface area contributed by atoms with E-state index in [2.05, 4.69) is 10.1 Å². The second-order valence-electron chi connectivity index (χ2n) is 12.6. The molecular weight excluding hydrogens is 708 g/mol. The first-order valence-electron chi connectivity index (χ1n) is 16.0. The molecule has 5 rings (SSSR count). The number of hydrogen-bond acceptors (Lipinski definition) is 7. The molecule has 4 aromatic rings. The standard InChI is InChI=1S/C36H34F4N4O7S/c1-44(22-25-4-8-26(37)9-5-25)20-2-3-28(23-44)43(33(34(41)46)21-24-6-12-29(45)13-7-24)35(47)42-27-10-14-31(15-11-27)51-52(48,49)32-18-16-30(17-19-32)50-36(38,39)40/h4-19,33H,2-3,20-23H2,1H3,(H2-2,41,42,45,46,47)/p+2/b43-28+/t33-,44?/m0/s1. The van der Waals surface area contributed by atoms with Gasteiger partial charge in [0.05, 0.1) is 13.6 Å². The number of urea groups is 1. The zero-order valence-corrected chi connectivity index (χ0v) is 28.7. The number of phenols is 1. The maximum atomic E-state index is 14.1. The lowest BCUT2D eigenvalue weighted by Gasteiger charge is -2.38. The highest BCUT2D eigenvalue weighted by atomic mass is 32.2. The lowest BCUT2D eigenvalue weighted by molar-refractivity contribution is -0.918. The number of nitrogens with zero attached hydrogens (tertiary/aromatic N) is 2. The van der Waals surface area contributed by atoms with Gasteiger partial charge in [-0.15, -0.1) is 13.2 Å². The number of amides is 3. The van der Waals surface area contributed by atoms with Gasteiger partial charge >= 0.3 is 22.5 Å². The number of benzene rings is 4. The molecule has 1 aliphatic heterocycles. The summed E-state index contributed by atoms with van der Waals surface area (Å²) in [5.41, 5.74) is 8.34. The van der Waals surface area contributed by atoms with Gasteiger partial charge in [0.15, 0.2) is 6.04 Å². The molecule has 0 aliphatic carbocycles. The monoisotopic (exact) mass is 744 g/mol. The summed E-state index contributed by atoms with van der Waals surface area (Å²) < 4.78 is 87.3. The van der Waals surface area contributed by atoms with Crippen LogP contribution in [0, 0.1) is 5.82 Å². The molecule has 2 atom stereocenters. The Hall–Kier alpha value is -5.48. The number of halogens is 4. The number of piperidine rings is 1. The van der Waals surface area contributed by atoms with Crippen LogP contribution in [0.2, 0.25) is 0 Å². The van der Waals surface area contributed by atoms with E-state index >= 15 is 0 Å². The minimum absolute atomic E-state index is 0.0261. The molecule has 11 nitrogen and oxygen atoms in total. The SMILES string of the molecule is C[N+]1(Cc2ccc(F)cc2)CCC/C(=[N+](\C(=O)Nc2ccc(OS(=O)(=O)c3ccc(OC(F)(F)F)cc3)cc2)[C@@H](Cc2ccc(O)cc2)C(N)=O)C1. The zero-order valence-electron chi connectivity index (χ0n) is 27.8. The molecule has 274 valence electrons. The number of primary amides is 1. The normalized spacial score (nSPS) is 17.9. The number of alkyl halides is 3. The Bertz CT molecular complexity index is 2040. The number of carbonyl (C=O) groups excluding carboxylic acids is 2. The van der Waals surface area contributed by atoms with E-state index in [9.17, 15) is 40.7 Å². The van der Waals surface area contributed by atoms with Gasteiger partial charge in [-0.2, -0.15) is 17.8 Å². The maximum Gasteiger partial charge on any atom is 0.573 e. The lowest BCUT2D eigenvalue weighted by atomic mass is 10.0. The fourth-order valence-corrected chi connectivity index (χ4v) is 7.00. The van der Waals surface area contributed by atoms with E-state index in [1.54, 1.807) is 24.3 Å². The molecular formula is C36H36F4N4O7S+2. The van der Waals surface area contributed by atoms with Crippen molar-refractivity contribution in [2.45, 2.75) is 43.1 Å². The van der Waals surface area contributed by atoms with Gasteiger partial charge in [-0.05, 0) is 78.4 Å². The van der Waals surface area contributed by atoms with Crippen LogP contribution in [0.4, 0.5) is 28.0 Å². The Balaban J connectivity index is 1.39. The molecule has 0 saturated carbocycles. The number of phenolic OH excluding ortho intramolecular Hbond substituents is 1. The molecule has 1 unspecified atom stereocenters. The number of nitrogens with one attached hydrogen (secondary N) is 1. The van der Waals surface area contributed by atoms with Crippen molar-refractivity contribution in [1.82, 2.24) is 0 Å². The maximum absolute atomic E-state index is 14.1. The summed E-state index contributed by atoms with van der Waals surface area (Å²) in [5.74, 6) is -1.85. The number of rotatable bonds is 11. The van der Waals surface area contributed by atoms with E-state index < -0.39 is 45.1 Å². The van der Waals surface area contributed by atoms with Crippen LogP contribution in [0.3, 0.4) is 0 Å². The minimum Gasteiger partial charge on any atom is -0.508 e. The Morgan fingerprint density at radius 1 is 0.923 bits per heavy atom. The summed E-state index contributed by atoms with van der Waals surface area (Å²) in [6.07, 6.45) is -3.74. The lowest BCUT2D eigenvalue weighted by Crippen LogP contribution is -2.56. The number of ether oxygens (including phenoxy) is 1. The molecule has 52 heavy (non-hydrogen) atoms. The second kappa shape index (κ2) is 15.4. The predicted octanol–water partition coefficient (Wildman–Crippen LogP) is 5.72. The van der Waals surface area contributed by atoms with Crippen LogP contribution in [0.25, 0.3) is 0 Å². The average molecular weight is 745 g/mol. The highest BCUT2D eigenvalue weighted by Crippen LogP contribution is 2.27. The third-order valence-corrected chi connectivity index (χ3v) is 9.69. The average Bonchev–Trinajstić information content (AvgIpc) is 3.06. The number of quaternary nitrogens is 1. The first kappa shape index (κ1) is 37.8. The molecule has 1 aliphatic rings. The van der Waals surface area contributed by atoms with Crippen molar-refractivity contribution in [3.63, 3.8) is 0 Å². The summed E-state index contributed by atoms with van der Waals surface area (Å²) in [5, 5.41) is 12.5. The van der Waals surface area contributed by atoms with Crippen LogP contribution in [0.15, 0.2) is 102 Å². The van der Waals surface area contributed by atoms with Gasteiger partial charge < -0.3 is 24.2 Å². The Kier molecular flexibility index (Phi) is 11.2. The molecule has 0 radical (unpaired) electrons. The summed E-state index contributed by atoms with van der Waals surface area (Å²) in [4.78, 5) is 26.7. The van der Waals surface area contributed by atoms with E-state index in [4.69, 9.17) is 9.92 Å². The summed E-state index contributed by atoms with van der Waals surface area (Å²) in [7, 11) is -2.44. The van der Waals surface area contributed by atoms with E-state index in [0.717, 1.165) is 36.4 Å². The topological polar surface area (TPSA) is 148 Å². The van der Waals surface area contributed by atoms with Gasteiger partial charge in [0.2, 0.25) is 0 Å². The molecule has 16 heteroatoms. The molecule has 1 heterocycles. The van der Waals surface area contributed by atoms with Crippen molar-refractivity contribution < 1.29 is 58.7 Å². The zero-order chi connectivity index (χ0) is 37.7. The minimum atomic E-state index is -4.95. The summed E-state index contributed by atoms with van der Waals surface area (Å²) >= 11 is 0. The molecule has 1 saturated heterocycles. The number of aromatic hydroxyl groups is 1. The highest BCUT2D eigenvalue weighted by molar-refractivity contribution is 7.87. The van der Waals surface area contributed by atoms with Crippen LogP contribution in [0.1, 0.15) is 24.0 Å². The van der Waals surface area contributed by atoms with E-state index in [-0.39, 0.29) is 29.4 Å². The fraction of sp³-hybridized carbons (Fsp3) is 0.250. The Labute approximate surface area is 297 Å². The number of hydrogen-bond donors (Lipinski definition) is 3. The largest absolute Gasteiger partial charge is 0.573 e. The number of nitrogens with two attached hydrogens (primary N) is 1. The molecule has 0 spiro atoms. The van der Waals surface area contributed by atoms with Gasteiger partial charge in [0, 0.05) is 24.8 Å². The van der Waals surface area contributed by atoms with Gasteiger partial charge in [-0.1, -0.05) is 24.3 Å². The van der Waals surface area contributed by atoms with Crippen molar-refractivity contribution in [3.8, 4) is 17.2 Å². The smallest absolute Gasteiger partial charge is 0.508 e. The number of anilines is 1. The first-order valence-corrected chi connectivity index (χ1v) is 17.4. The van der Waals surface area contributed by atoms with E-state index in [0.29, 0.717) is 41.7 Å². The fourth-order valence-electron chi connectivity index (χ4n) is 6.07. The van der Waals surface area contributed by atoms with E-state index in [1.165, 1.54) is 53.1 Å². The highest BCUT2D eigenvalue weighted by Gasteiger charge is 2.39. The summed E-state index contributed by atoms with van der Waals surface area (Å²) in [6, 6.07) is 19.3. The first-order chi connectivity index (χ1) is 24.5. The van der Waals surface area contributed by atoms with E-state index in [1.807, 2.05) is 7.05 Å². The van der Waals surface area contributed by atoms with Crippen LogP contribution < -0.4 is 20.0 Å². The molecule has 4 N–H and O–H groups in total. The van der Waals surface area contributed by atoms with Gasteiger partial charge in [0.25, 0.3) is 5.91 Å². The number of likely N-dealkylation sites (tertiary alicyclic amines) is 1. The molecule has 4 aromatic carbocycles. The Morgan fingerprint density at radius 3 is 2.12 bits per heavy atom. The molecule has 3 amide bonds. The van der Waals surface area contributed by atoms with Crippen LogP contribution in [-0.4, -0.2) is 72.8 Å². The van der Waals surface area contributed by atoms with Crippen molar-refractivity contribution in [2.75, 3.05) is 25.5 Å².